The number of nitrogens with one attached hydrogen (secondary N) is 3. The van der Waals surface area contributed by atoms with Crippen LogP contribution in [-0.2, 0) is 0 Å². The van der Waals surface area contributed by atoms with Crippen LogP contribution in [0.15, 0.2) is 54.9 Å². The molecule has 2 atom stereocenters. The van der Waals surface area contributed by atoms with Crippen molar-refractivity contribution in [3.8, 4) is 16.9 Å². The molecule has 1 aliphatic heterocycles. The molecule has 7 heteroatoms. The number of likely N-dealkylation sites (tertiary alicyclic amines) is 1. The standard InChI is InChI=1S/C24H27N5O2/c1-16-8-17(15-29(16)24(30)19-4-3-5-22(10-19)31-2)12-26-23-7-6-18(9-20(23)11-25)21-13-27-28-14-21/h3-7,9-11,13-14,16-17,25-26H,8,12,15H2,1-2H3,(H,27,28). The number of benzene rings is 2. The number of hydrogen-bond donors (Lipinski definition) is 3. The molecule has 4 rings (SSSR count). The summed E-state index contributed by atoms with van der Waals surface area (Å²) in [5.74, 6) is 1.07. The second kappa shape index (κ2) is 9.04. The zero-order valence-corrected chi connectivity index (χ0v) is 17.8. The lowest BCUT2D eigenvalue weighted by atomic mass is 10.0. The molecule has 160 valence electrons. The molecular formula is C24H27N5O2. The number of H-pyrrole nitrogens is 1. The fourth-order valence-electron chi connectivity index (χ4n) is 4.18. The summed E-state index contributed by atoms with van der Waals surface area (Å²) in [6, 6.07) is 13.5. The Morgan fingerprint density at radius 3 is 2.94 bits per heavy atom. The van der Waals surface area contributed by atoms with Crippen LogP contribution in [0.3, 0.4) is 0 Å². The Morgan fingerprint density at radius 1 is 1.32 bits per heavy atom. The fraction of sp³-hybridized carbons (Fsp3) is 0.292. The number of amides is 1. The number of hydrogen-bond acceptors (Lipinski definition) is 5. The highest BCUT2D eigenvalue weighted by Crippen LogP contribution is 2.28. The van der Waals surface area contributed by atoms with E-state index in [1.807, 2.05) is 47.5 Å². The molecule has 2 heterocycles. The normalized spacial score (nSPS) is 18.1. The van der Waals surface area contributed by atoms with Crippen molar-refractivity contribution in [3.05, 3.63) is 66.0 Å². The smallest absolute Gasteiger partial charge is 0.254 e. The monoisotopic (exact) mass is 417 g/mol. The van der Waals surface area contributed by atoms with Crippen LogP contribution >= 0.6 is 0 Å². The maximum atomic E-state index is 13.0. The first-order chi connectivity index (χ1) is 15.1. The van der Waals surface area contributed by atoms with Crippen LogP contribution < -0.4 is 10.1 Å². The molecule has 0 saturated carbocycles. The molecule has 0 radical (unpaired) electrons. The SMILES string of the molecule is COc1cccc(C(=O)N2CC(CNc3ccc(-c4cn[nH]c4)cc3C=N)CC2C)c1. The summed E-state index contributed by atoms with van der Waals surface area (Å²) >= 11 is 0. The van der Waals surface area contributed by atoms with Gasteiger partial charge in [0.05, 0.1) is 13.3 Å². The van der Waals surface area contributed by atoms with E-state index in [2.05, 4.69) is 22.4 Å². The van der Waals surface area contributed by atoms with Gasteiger partial charge < -0.3 is 20.4 Å². The first-order valence-electron chi connectivity index (χ1n) is 10.4. The van der Waals surface area contributed by atoms with E-state index in [0.717, 1.165) is 35.3 Å². The van der Waals surface area contributed by atoms with Crippen molar-refractivity contribution < 1.29 is 9.53 Å². The van der Waals surface area contributed by atoms with Gasteiger partial charge in [-0.15, -0.1) is 0 Å². The largest absolute Gasteiger partial charge is 0.497 e. The maximum absolute atomic E-state index is 13.0. The number of anilines is 1. The second-order valence-corrected chi connectivity index (χ2v) is 7.95. The summed E-state index contributed by atoms with van der Waals surface area (Å²) in [5, 5.41) is 18.1. The second-order valence-electron chi connectivity index (χ2n) is 7.95. The molecule has 3 N–H and O–H groups in total. The van der Waals surface area contributed by atoms with E-state index in [1.54, 1.807) is 19.4 Å². The highest BCUT2D eigenvalue weighted by molar-refractivity contribution is 5.95. The Bertz CT molecular complexity index is 1060. The van der Waals surface area contributed by atoms with E-state index in [0.29, 0.717) is 23.8 Å². The molecule has 7 nitrogen and oxygen atoms in total. The summed E-state index contributed by atoms with van der Waals surface area (Å²) < 4.78 is 5.25. The highest BCUT2D eigenvalue weighted by atomic mass is 16.5. The zero-order valence-electron chi connectivity index (χ0n) is 17.8. The Kier molecular flexibility index (Phi) is 6.02. The van der Waals surface area contributed by atoms with Crippen molar-refractivity contribution in [2.45, 2.75) is 19.4 Å². The maximum Gasteiger partial charge on any atom is 0.254 e. The van der Waals surface area contributed by atoms with Crippen LogP contribution in [0.4, 0.5) is 5.69 Å². The van der Waals surface area contributed by atoms with Crippen LogP contribution in [0.2, 0.25) is 0 Å². The van der Waals surface area contributed by atoms with Crippen LogP contribution in [0, 0.1) is 11.3 Å². The summed E-state index contributed by atoms with van der Waals surface area (Å²) in [5.41, 5.74) is 4.41. The van der Waals surface area contributed by atoms with E-state index in [9.17, 15) is 4.79 Å². The first kappa shape index (κ1) is 20.7. The molecule has 2 unspecified atom stereocenters. The quantitative estimate of drug-likeness (QED) is 0.506. The van der Waals surface area contributed by atoms with E-state index in [-0.39, 0.29) is 11.9 Å². The molecule has 31 heavy (non-hydrogen) atoms. The van der Waals surface area contributed by atoms with E-state index in [1.165, 1.54) is 6.21 Å². The molecule has 1 aliphatic rings. The molecule has 1 amide bonds. The predicted molar refractivity (Wildman–Crippen MR) is 122 cm³/mol. The molecule has 0 aliphatic carbocycles. The number of ether oxygens (including phenoxy) is 1. The van der Waals surface area contributed by atoms with Crippen LogP contribution in [0.5, 0.6) is 5.75 Å². The summed E-state index contributed by atoms with van der Waals surface area (Å²) in [7, 11) is 1.61. The van der Waals surface area contributed by atoms with Gasteiger partial charge in [0.25, 0.3) is 5.91 Å². The Balaban J connectivity index is 1.41. The first-order valence-corrected chi connectivity index (χ1v) is 10.4. The topological polar surface area (TPSA) is 94.1 Å². The summed E-state index contributed by atoms with van der Waals surface area (Å²) in [6.45, 7) is 3.55. The number of methoxy groups -OCH3 is 1. The van der Waals surface area contributed by atoms with Crippen LogP contribution in [0.1, 0.15) is 29.3 Å². The van der Waals surface area contributed by atoms with Gasteiger partial charge in [-0.2, -0.15) is 5.10 Å². The molecule has 0 bridgehead atoms. The molecule has 1 fully saturated rings. The van der Waals surface area contributed by atoms with Crippen molar-refractivity contribution in [1.82, 2.24) is 15.1 Å². The van der Waals surface area contributed by atoms with E-state index in [4.69, 9.17) is 10.1 Å². The van der Waals surface area contributed by atoms with Crippen molar-refractivity contribution in [1.29, 1.82) is 5.41 Å². The Morgan fingerprint density at radius 2 is 2.19 bits per heavy atom. The van der Waals surface area contributed by atoms with Gasteiger partial charge in [0, 0.05) is 53.9 Å². The lowest BCUT2D eigenvalue weighted by Gasteiger charge is -2.22. The third-order valence-electron chi connectivity index (χ3n) is 5.86. The van der Waals surface area contributed by atoms with Crippen LogP contribution in [0.25, 0.3) is 11.1 Å². The predicted octanol–water partition coefficient (Wildman–Crippen LogP) is 4.05. The number of rotatable bonds is 7. The third-order valence-corrected chi connectivity index (χ3v) is 5.86. The van der Waals surface area contributed by atoms with Crippen molar-refractivity contribution in [2.75, 3.05) is 25.5 Å². The molecule has 2 aromatic carbocycles. The number of aromatic nitrogens is 2. The average Bonchev–Trinajstić information content (AvgIpc) is 3.47. The lowest BCUT2D eigenvalue weighted by Crippen LogP contribution is -2.34. The van der Waals surface area contributed by atoms with E-state index < -0.39 is 0 Å². The Labute approximate surface area is 181 Å². The summed E-state index contributed by atoms with van der Waals surface area (Å²) in [4.78, 5) is 15.0. The molecule has 3 aromatic rings. The number of carbonyl (C=O) groups is 1. The third kappa shape index (κ3) is 4.45. The van der Waals surface area contributed by atoms with Gasteiger partial charge in [-0.3, -0.25) is 9.89 Å². The van der Waals surface area contributed by atoms with E-state index >= 15 is 0 Å². The number of nitrogens with zero attached hydrogens (tertiary/aromatic N) is 2. The minimum atomic E-state index is 0.0403. The minimum absolute atomic E-state index is 0.0403. The van der Waals surface area contributed by atoms with Gasteiger partial charge in [0.15, 0.2) is 0 Å². The molecule has 1 saturated heterocycles. The van der Waals surface area contributed by atoms with Gasteiger partial charge in [-0.25, -0.2) is 0 Å². The molecule has 0 spiro atoms. The molecular weight excluding hydrogens is 390 g/mol. The fourth-order valence-corrected chi connectivity index (χ4v) is 4.18. The van der Waals surface area contributed by atoms with Gasteiger partial charge in [-0.05, 0) is 55.2 Å². The van der Waals surface area contributed by atoms with Gasteiger partial charge >= 0.3 is 0 Å². The van der Waals surface area contributed by atoms with Gasteiger partial charge in [-0.1, -0.05) is 12.1 Å². The minimum Gasteiger partial charge on any atom is -0.497 e. The van der Waals surface area contributed by atoms with Crippen molar-refractivity contribution in [2.24, 2.45) is 5.92 Å². The Hall–Kier alpha value is -3.61. The van der Waals surface area contributed by atoms with Gasteiger partial charge in [0.1, 0.15) is 5.75 Å². The van der Waals surface area contributed by atoms with Crippen molar-refractivity contribution >= 4 is 17.8 Å². The average molecular weight is 418 g/mol. The van der Waals surface area contributed by atoms with Gasteiger partial charge in [0.2, 0.25) is 0 Å². The van der Waals surface area contributed by atoms with Crippen LogP contribution in [-0.4, -0.2) is 53.5 Å². The molecule has 1 aromatic heterocycles. The number of carbonyl (C=O) groups excluding carboxylic acids is 1. The summed E-state index contributed by atoms with van der Waals surface area (Å²) in [6.07, 6.45) is 5.91. The zero-order chi connectivity index (χ0) is 21.8. The number of aromatic amines is 1. The highest BCUT2D eigenvalue weighted by Gasteiger charge is 2.32. The lowest BCUT2D eigenvalue weighted by molar-refractivity contribution is 0.0743. The van der Waals surface area contributed by atoms with Crippen molar-refractivity contribution in [3.63, 3.8) is 0 Å².